The average Bonchev–Trinajstić information content (AvgIpc) is 3.47. The minimum Gasteiger partial charge on any atom is -0.343 e. The summed E-state index contributed by atoms with van der Waals surface area (Å²) in [5.74, 6) is 1.14. The smallest absolute Gasteiger partial charge is 0.252 e. The minimum atomic E-state index is -3.51. The van der Waals surface area contributed by atoms with Crippen LogP contribution in [-0.2, 0) is 27.8 Å². The molecule has 0 bridgehead atoms. The Labute approximate surface area is 203 Å². The number of aromatic nitrogens is 2. The number of carbonyl (C=O) groups is 1. The summed E-state index contributed by atoms with van der Waals surface area (Å²) in [4.78, 5) is 20.9. The van der Waals surface area contributed by atoms with Crippen molar-refractivity contribution >= 4 is 38.9 Å². The Balaban J connectivity index is 1.23. The van der Waals surface area contributed by atoms with E-state index in [2.05, 4.69) is 15.0 Å². The molecular formula is C21H30ClN5O4S2. The maximum absolute atomic E-state index is 12.7. The molecular weight excluding hydrogens is 486 g/mol. The molecule has 0 unspecified atom stereocenters. The highest BCUT2D eigenvalue weighted by Gasteiger charge is 2.30. The third-order valence-electron chi connectivity index (χ3n) is 6.42. The third-order valence-corrected chi connectivity index (χ3v) is 10.0. The van der Waals surface area contributed by atoms with Crippen molar-refractivity contribution in [3.05, 3.63) is 28.2 Å². The topological polar surface area (TPSA) is 99.9 Å². The van der Waals surface area contributed by atoms with Crippen LogP contribution in [0.1, 0.15) is 50.2 Å². The summed E-state index contributed by atoms with van der Waals surface area (Å²) in [6, 6.07) is 3.50. The highest BCUT2D eigenvalue weighted by molar-refractivity contribution is 7.91. The summed E-state index contributed by atoms with van der Waals surface area (Å²) in [6.07, 6.45) is 6.61. The van der Waals surface area contributed by atoms with Gasteiger partial charge in [-0.05, 0) is 25.0 Å². The molecule has 4 rings (SSSR count). The Morgan fingerprint density at radius 3 is 2.61 bits per heavy atom. The van der Waals surface area contributed by atoms with Crippen molar-refractivity contribution < 1.29 is 17.7 Å². The fourth-order valence-electron chi connectivity index (χ4n) is 4.41. The Hall–Kier alpha value is -1.53. The highest BCUT2D eigenvalue weighted by atomic mass is 35.5. The number of halogens is 1. The number of rotatable bonds is 8. The van der Waals surface area contributed by atoms with Crippen LogP contribution in [0.25, 0.3) is 0 Å². The fraction of sp³-hybridized carbons (Fsp3) is 0.667. The van der Waals surface area contributed by atoms with Crippen molar-refractivity contribution in [2.75, 3.05) is 33.2 Å². The van der Waals surface area contributed by atoms with E-state index in [-0.39, 0.29) is 10.1 Å². The molecule has 33 heavy (non-hydrogen) atoms. The van der Waals surface area contributed by atoms with Gasteiger partial charge in [0.2, 0.25) is 11.8 Å². The van der Waals surface area contributed by atoms with E-state index in [1.807, 2.05) is 11.9 Å². The van der Waals surface area contributed by atoms with Gasteiger partial charge in [0.05, 0.1) is 10.9 Å². The monoisotopic (exact) mass is 515 g/mol. The normalized spacial score (nSPS) is 19.1. The van der Waals surface area contributed by atoms with Crippen LogP contribution >= 0.6 is 22.9 Å². The quantitative estimate of drug-likeness (QED) is 0.532. The first-order chi connectivity index (χ1) is 15.8. The summed E-state index contributed by atoms with van der Waals surface area (Å²) in [7, 11) is -1.62. The molecule has 2 aromatic heterocycles. The summed E-state index contributed by atoms with van der Waals surface area (Å²) < 4.78 is 33.0. The Morgan fingerprint density at radius 2 is 1.94 bits per heavy atom. The molecule has 0 atom stereocenters. The summed E-state index contributed by atoms with van der Waals surface area (Å²) >= 11 is 6.97. The largest absolute Gasteiger partial charge is 0.343 e. The molecule has 2 fully saturated rings. The molecule has 0 aromatic carbocycles. The van der Waals surface area contributed by atoms with Crippen LogP contribution in [0.15, 0.2) is 20.9 Å². The maximum atomic E-state index is 12.7. The number of sulfonamides is 1. The lowest BCUT2D eigenvalue weighted by molar-refractivity contribution is -0.132. The first kappa shape index (κ1) is 24.6. The van der Waals surface area contributed by atoms with E-state index in [1.165, 1.54) is 23.6 Å². The summed E-state index contributed by atoms with van der Waals surface area (Å²) in [6.45, 7) is 2.42. The molecule has 0 radical (unpaired) electrons. The van der Waals surface area contributed by atoms with Crippen molar-refractivity contribution in [2.45, 2.75) is 61.7 Å². The fourth-order valence-corrected chi connectivity index (χ4v) is 7.47. The van der Waals surface area contributed by atoms with Gasteiger partial charge in [0.25, 0.3) is 10.0 Å². The number of carbonyl (C=O) groups excluding carboxylic acids is 1. The molecule has 1 amide bonds. The van der Waals surface area contributed by atoms with Gasteiger partial charge in [-0.1, -0.05) is 36.0 Å². The second-order valence-electron chi connectivity index (χ2n) is 8.64. The number of piperazine rings is 1. The zero-order valence-corrected chi connectivity index (χ0v) is 21.2. The van der Waals surface area contributed by atoms with Crippen LogP contribution in [0.3, 0.4) is 0 Å². The first-order valence-electron chi connectivity index (χ1n) is 11.4. The molecule has 1 saturated carbocycles. The molecule has 2 aliphatic rings. The average molecular weight is 516 g/mol. The van der Waals surface area contributed by atoms with Crippen molar-refractivity contribution in [1.29, 1.82) is 0 Å². The number of aryl methyl sites for hydroxylation is 1. The Bertz CT molecular complexity index is 1040. The first-order valence-corrected chi connectivity index (χ1v) is 14.0. The molecule has 9 nitrogen and oxygen atoms in total. The van der Waals surface area contributed by atoms with E-state index >= 15 is 0 Å². The van der Waals surface area contributed by atoms with E-state index in [0.717, 1.165) is 24.2 Å². The van der Waals surface area contributed by atoms with E-state index in [1.54, 1.807) is 12.1 Å². The van der Waals surface area contributed by atoms with Gasteiger partial charge in [0, 0.05) is 52.1 Å². The minimum absolute atomic E-state index is 0.117. The lowest BCUT2D eigenvalue weighted by Crippen LogP contribution is -2.48. The van der Waals surface area contributed by atoms with Crippen molar-refractivity contribution in [3.8, 4) is 0 Å². The molecule has 2 aromatic rings. The number of amides is 1. The van der Waals surface area contributed by atoms with Crippen LogP contribution in [-0.4, -0.2) is 77.8 Å². The zero-order valence-electron chi connectivity index (χ0n) is 18.8. The molecule has 0 spiro atoms. The van der Waals surface area contributed by atoms with Crippen LogP contribution in [0.5, 0.6) is 0 Å². The lowest BCUT2D eigenvalue weighted by Gasteiger charge is -2.32. The van der Waals surface area contributed by atoms with Crippen LogP contribution in [0, 0.1) is 0 Å². The van der Waals surface area contributed by atoms with Gasteiger partial charge in [-0.2, -0.15) is 9.29 Å². The Morgan fingerprint density at radius 1 is 1.21 bits per heavy atom. The van der Waals surface area contributed by atoms with Crippen molar-refractivity contribution in [2.24, 2.45) is 0 Å². The summed E-state index contributed by atoms with van der Waals surface area (Å²) in [5.41, 5.74) is 0. The maximum Gasteiger partial charge on any atom is 0.252 e. The van der Waals surface area contributed by atoms with Gasteiger partial charge >= 0.3 is 0 Å². The number of hydrogen-bond acceptors (Lipinski definition) is 8. The second-order valence-corrected chi connectivity index (χ2v) is 12.5. The van der Waals surface area contributed by atoms with E-state index in [0.29, 0.717) is 67.7 Å². The van der Waals surface area contributed by atoms with Crippen LogP contribution < -0.4 is 0 Å². The van der Waals surface area contributed by atoms with Crippen molar-refractivity contribution in [3.63, 3.8) is 0 Å². The molecule has 1 saturated heterocycles. The van der Waals surface area contributed by atoms with Gasteiger partial charge < -0.3 is 9.42 Å². The molecule has 3 heterocycles. The molecule has 182 valence electrons. The number of nitrogens with zero attached hydrogens (tertiary/aromatic N) is 5. The highest BCUT2D eigenvalue weighted by Crippen LogP contribution is 2.28. The predicted molar refractivity (Wildman–Crippen MR) is 126 cm³/mol. The van der Waals surface area contributed by atoms with E-state index in [4.69, 9.17) is 16.1 Å². The number of hydrogen-bond donors (Lipinski definition) is 0. The van der Waals surface area contributed by atoms with Gasteiger partial charge in [0.1, 0.15) is 4.21 Å². The van der Waals surface area contributed by atoms with E-state index in [9.17, 15) is 13.2 Å². The van der Waals surface area contributed by atoms with Gasteiger partial charge in [-0.25, -0.2) is 8.42 Å². The van der Waals surface area contributed by atoms with E-state index < -0.39 is 10.0 Å². The predicted octanol–water partition coefficient (Wildman–Crippen LogP) is 3.01. The number of thiophene rings is 1. The molecule has 0 N–H and O–H groups in total. The SMILES string of the molecule is CN(C(=O)CCc1nc(CN2CCN(S(=O)(=O)c3ccc(Cl)s3)CC2)no1)C1CCCCC1. The molecule has 1 aliphatic heterocycles. The standard InChI is InChI=1S/C21H30ClN5O4S2/c1-25(16-5-3-2-4-6-16)20(28)9-8-19-23-18(24-31-19)15-26-11-13-27(14-12-26)33(29,30)21-10-7-17(22)32-21/h7,10,16H,2-6,8-9,11-15H2,1H3. The lowest BCUT2D eigenvalue weighted by atomic mass is 9.94. The van der Waals surface area contributed by atoms with Crippen LogP contribution in [0.2, 0.25) is 4.34 Å². The van der Waals surface area contributed by atoms with Gasteiger partial charge in [-0.15, -0.1) is 11.3 Å². The Kier molecular flexibility index (Phi) is 8.06. The third kappa shape index (κ3) is 6.13. The second kappa shape index (κ2) is 10.8. The van der Waals surface area contributed by atoms with Crippen LogP contribution in [0.4, 0.5) is 0 Å². The molecule has 1 aliphatic carbocycles. The zero-order chi connectivity index (χ0) is 23.4. The summed E-state index contributed by atoms with van der Waals surface area (Å²) in [5, 5.41) is 4.04. The van der Waals surface area contributed by atoms with Gasteiger partial charge in [-0.3, -0.25) is 9.69 Å². The molecule has 12 heteroatoms. The van der Waals surface area contributed by atoms with Crippen molar-refractivity contribution in [1.82, 2.24) is 24.2 Å². The van der Waals surface area contributed by atoms with Gasteiger partial charge in [0.15, 0.2) is 5.82 Å².